The molecule has 0 aliphatic heterocycles. The number of aromatic nitrogens is 3. The van der Waals surface area contributed by atoms with E-state index in [-0.39, 0.29) is 5.38 Å². The van der Waals surface area contributed by atoms with Crippen molar-refractivity contribution in [2.24, 2.45) is 0 Å². The van der Waals surface area contributed by atoms with E-state index in [1.54, 1.807) is 13.3 Å². The fourth-order valence-corrected chi connectivity index (χ4v) is 2.18. The maximum absolute atomic E-state index is 6.18. The Labute approximate surface area is 112 Å². The molecule has 18 heavy (non-hydrogen) atoms. The fraction of sp³-hybridized carbons (Fsp3) is 0.538. The van der Waals surface area contributed by atoms with Gasteiger partial charge in [0.05, 0.1) is 5.38 Å². The molecule has 0 N–H and O–H groups in total. The smallest absolute Gasteiger partial charge is 0.160 e. The predicted molar refractivity (Wildman–Crippen MR) is 72.9 cm³/mol. The Hall–Kier alpha value is -1.13. The van der Waals surface area contributed by atoms with Gasteiger partial charge < -0.3 is 9.30 Å². The number of ether oxygens (including phenoxy) is 1. The zero-order chi connectivity index (χ0) is 13.0. The molecule has 98 valence electrons. The van der Waals surface area contributed by atoms with Gasteiger partial charge in [-0.05, 0) is 31.9 Å². The molecule has 0 radical (unpaired) electrons. The molecule has 0 saturated heterocycles. The summed E-state index contributed by atoms with van der Waals surface area (Å²) in [5, 5.41) is -0.110. The van der Waals surface area contributed by atoms with Crippen LogP contribution in [0.25, 0.3) is 11.2 Å². The summed E-state index contributed by atoms with van der Waals surface area (Å²) in [5.74, 6) is 0.891. The normalized spacial score (nSPS) is 13.1. The van der Waals surface area contributed by atoms with E-state index >= 15 is 0 Å². The minimum Gasteiger partial charge on any atom is -0.385 e. The number of unbranched alkanes of at least 4 members (excludes halogenated alkanes) is 1. The number of imidazole rings is 1. The Morgan fingerprint density at radius 2 is 2.28 bits per heavy atom. The molecular weight excluding hydrogens is 250 g/mol. The molecule has 5 heteroatoms. The SMILES string of the molecule is COCCCCn1c(C(C)Cl)nc2cccnc21. The molecule has 1 unspecified atom stereocenters. The van der Waals surface area contributed by atoms with Crippen molar-refractivity contribution in [1.82, 2.24) is 14.5 Å². The molecule has 0 fully saturated rings. The summed E-state index contributed by atoms with van der Waals surface area (Å²) in [4.78, 5) is 8.94. The number of hydrogen-bond acceptors (Lipinski definition) is 3. The monoisotopic (exact) mass is 267 g/mol. The number of methoxy groups -OCH3 is 1. The molecule has 0 aliphatic carbocycles. The topological polar surface area (TPSA) is 39.9 Å². The standard InChI is InChI=1S/C13H18ClN3O/c1-10(14)12-16-11-6-5-7-15-13(11)17(12)8-3-4-9-18-2/h5-7,10H,3-4,8-9H2,1-2H3. The maximum atomic E-state index is 6.18. The van der Waals surface area contributed by atoms with Gasteiger partial charge in [-0.2, -0.15) is 0 Å². The average molecular weight is 268 g/mol. The number of fused-ring (bicyclic) bond motifs is 1. The second kappa shape index (κ2) is 6.16. The molecule has 0 aliphatic rings. The number of pyridine rings is 1. The Morgan fingerprint density at radius 3 is 3.00 bits per heavy atom. The van der Waals surface area contributed by atoms with Gasteiger partial charge >= 0.3 is 0 Å². The molecule has 0 bridgehead atoms. The van der Waals surface area contributed by atoms with E-state index < -0.39 is 0 Å². The lowest BCUT2D eigenvalue weighted by atomic mass is 10.3. The van der Waals surface area contributed by atoms with E-state index in [2.05, 4.69) is 14.5 Å². The summed E-state index contributed by atoms with van der Waals surface area (Å²) >= 11 is 6.18. The van der Waals surface area contributed by atoms with Crippen LogP contribution >= 0.6 is 11.6 Å². The summed E-state index contributed by atoms with van der Waals surface area (Å²) < 4.78 is 7.17. The van der Waals surface area contributed by atoms with Crippen molar-refractivity contribution in [1.29, 1.82) is 0 Å². The van der Waals surface area contributed by atoms with Crippen LogP contribution in [0.3, 0.4) is 0 Å². The van der Waals surface area contributed by atoms with E-state index in [1.165, 1.54) is 0 Å². The van der Waals surface area contributed by atoms with Crippen molar-refractivity contribution in [3.05, 3.63) is 24.2 Å². The predicted octanol–water partition coefficient (Wildman–Crippen LogP) is 3.16. The zero-order valence-corrected chi connectivity index (χ0v) is 11.5. The first-order valence-electron chi connectivity index (χ1n) is 6.18. The van der Waals surface area contributed by atoms with Gasteiger partial charge in [0.2, 0.25) is 0 Å². The van der Waals surface area contributed by atoms with Crippen LogP contribution in [0.15, 0.2) is 18.3 Å². The molecule has 2 aromatic rings. The van der Waals surface area contributed by atoms with Crippen LogP contribution in [-0.2, 0) is 11.3 Å². The van der Waals surface area contributed by atoms with Gasteiger partial charge in [-0.1, -0.05) is 0 Å². The van der Waals surface area contributed by atoms with E-state index in [4.69, 9.17) is 16.3 Å². The third-order valence-corrected chi connectivity index (χ3v) is 3.06. The Kier molecular flexibility index (Phi) is 4.55. The average Bonchev–Trinajstić information content (AvgIpc) is 2.74. The quantitative estimate of drug-likeness (QED) is 0.596. The van der Waals surface area contributed by atoms with Gasteiger partial charge in [-0.15, -0.1) is 11.6 Å². The van der Waals surface area contributed by atoms with E-state index in [0.29, 0.717) is 0 Å². The van der Waals surface area contributed by atoms with Crippen LogP contribution in [-0.4, -0.2) is 28.3 Å². The van der Waals surface area contributed by atoms with Crippen molar-refractivity contribution in [2.75, 3.05) is 13.7 Å². The largest absolute Gasteiger partial charge is 0.385 e. The minimum atomic E-state index is -0.110. The van der Waals surface area contributed by atoms with Crippen LogP contribution in [0.2, 0.25) is 0 Å². The van der Waals surface area contributed by atoms with Gasteiger partial charge in [0.15, 0.2) is 5.65 Å². The molecule has 2 aromatic heterocycles. The third kappa shape index (κ3) is 2.82. The maximum Gasteiger partial charge on any atom is 0.160 e. The molecular formula is C13H18ClN3O. The van der Waals surface area contributed by atoms with Crippen molar-refractivity contribution < 1.29 is 4.74 Å². The summed E-state index contributed by atoms with van der Waals surface area (Å²) in [6.07, 6.45) is 3.85. The number of nitrogens with zero attached hydrogens (tertiary/aromatic N) is 3. The van der Waals surface area contributed by atoms with Gasteiger partial charge in [0.1, 0.15) is 11.3 Å². The summed E-state index contributed by atoms with van der Waals surface area (Å²) in [5.41, 5.74) is 1.82. The Morgan fingerprint density at radius 1 is 1.44 bits per heavy atom. The molecule has 0 spiro atoms. The van der Waals surface area contributed by atoms with Gasteiger partial charge in [0, 0.05) is 26.5 Å². The minimum absolute atomic E-state index is 0.110. The second-order valence-corrected chi connectivity index (χ2v) is 4.94. The molecule has 0 amide bonds. The summed E-state index contributed by atoms with van der Waals surface area (Å²) in [6, 6.07) is 3.87. The van der Waals surface area contributed by atoms with E-state index in [0.717, 1.165) is 43.0 Å². The highest BCUT2D eigenvalue weighted by atomic mass is 35.5. The number of alkyl halides is 1. The number of rotatable bonds is 6. The molecule has 2 heterocycles. The first-order valence-corrected chi connectivity index (χ1v) is 6.62. The third-order valence-electron chi connectivity index (χ3n) is 2.87. The lowest BCUT2D eigenvalue weighted by Crippen LogP contribution is -2.06. The Balaban J connectivity index is 2.24. The molecule has 0 aromatic carbocycles. The lowest BCUT2D eigenvalue weighted by molar-refractivity contribution is 0.191. The van der Waals surface area contributed by atoms with Gasteiger partial charge in [0.25, 0.3) is 0 Å². The number of aryl methyl sites for hydroxylation is 1. The van der Waals surface area contributed by atoms with Crippen LogP contribution in [0.4, 0.5) is 0 Å². The number of halogens is 1. The molecule has 1 atom stereocenters. The Bertz CT molecular complexity index is 510. The van der Waals surface area contributed by atoms with Crippen LogP contribution in [0.1, 0.15) is 31.0 Å². The highest BCUT2D eigenvalue weighted by Gasteiger charge is 2.14. The van der Waals surface area contributed by atoms with E-state index in [1.807, 2.05) is 19.1 Å². The molecule has 4 nitrogen and oxygen atoms in total. The van der Waals surface area contributed by atoms with Gasteiger partial charge in [-0.3, -0.25) is 0 Å². The van der Waals surface area contributed by atoms with Gasteiger partial charge in [-0.25, -0.2) is 9.97 Å². The number of hydrogen-bond donors (Lipinski definition) is 0. The summed E-state index contributed by atoms with van der Waals surface area (Å²) in [7, 11) is 1.72. The second-order valence-electron chi connectivity index (χ2n) is 4.28. The summed E-state index contributed by atoms with van der Waals surface area (Å²) in [6.45, 7) is 3.60. The molecule has 2 rings (SSSR count). The van der Waals surface area contributed by atoms with Crippen molar-refractivity contribution in [2.45, 2.75) is 31.7 Å². The van der Waals surface area contributed by atoms with Crippen LogP contribution in [0, 0.1) is 0 Å². The highest BCUT2D eigenvalue weighted by molar-refractivity contribution is 6.20. The first kappa shape index (κ1) is 13.3. The fourth-order valence-electron chi connectivity index (χ4n) is 2.02. The molecule has 0 saturated carbocycles. The van der Waals surface area contributed by atoms with Crippen LogP contribution < -0.4 is 0 Å². The van der Waals surface area contributed by atoms with Crippen molar-refractivity contribution in [3.63, 3.8) is 0 Å². The van der Waals surface area contributed by atoms with Crippen molar-refractivity contribution in [3.8, 4) is 0 Å². The zero-order valence-electron chi connectivity index (χ0n) is 10.8. The van der Waals surface area contributed by atoms with Crippen molar-refractivity contribution >= 4 is 22.8 Å². The van der Waals surface area contributed by atoms with Crippen LogP contribution in [0.5, 0.6) is 0 Å². The highest BCUT2D eigenvalue weighted by Crippen LogP contribution is 2.23. The lowest BCUT2D eigenvalue weighted by Gasteiger charge is -2.09. The first-order chi connectivity index (χ1) is 8.74. The van der Waals surface area contributed by atoms with E-state index in [9.17, 15) is 0 Å².